The Morgan fingerprint density at radius 1 is 0.897 bits per heavy atom. The monoisotopic (exact) mass is 428 g/mol. The summed E-state index contributed by atoms with van der Waals surface area (Å²) in [5, 5.41) is 12.1. The summed E-state index contributed by atoms with van der Waals surface area (Å²) >= 11 is 0. The van der Waals surface area contributed by atoms with Gasteiger partial charge in [-0.1, -0.05) is 88.0 Å². The quantitative estimate of drug-likeness (QED) is 0.319. The van der Waals surface area contributed by atoms with Crippen molar-refractivity contribution in [3.05, 3.63) is 48.0 Å². The Labute approximate surface area is 196 Å². The van der Waals surface area contributed by atoms with Crippen LogP contribution in [0.2, 0.25) is 0 Å². The molecule has 0 radical (unpaired) electrons. The average Bonchev–Trinajstić information content (AvgIpc) is 2.65. The van der Waals surface area contributed by atoms with Gasteiger partial charge in [0.1, 0.15) is 16.4 Å². The molecule has 2 aromatic rings. The van der Waals surface area contributed by atoms with E-state index in [9.17, 15) is 18.1 Å². The molecule has 0 aromatic heterocycles. The maximum Gasteiger partial charge on any atom is 1.00 e. The summed E-state index contributed by atoms with van der Waals surface area (Å²) in [5.74, 6) is -0.510. The molecular weight excluding hydrogens is 399 g/mol. The minimum atomic E-state index is -4.55. The van der Waals surface area contributed by atoms with Crippen molar-refractivity contribution < 1.29 is 52.4 Å². The molecule has 0 saturated heterocycles. The summed E-state index contributed by atoms with van der Waals surface area (Å²) in [6, 6.07) is 10.9. The second-order valence-corrected chi connectivity index (χ2v) is 8.38. The Morgan fingerprint density at radius 3 is 2.17 bits per heavy atom. The zero-order valence-corrected chi connectivity index (χ0v) is 20.2. The van der Waals surface area contributed by atoms with Crippen molar-refractivity contribution in [3.8, 4) is 17.2 Å². The van der Waals surface area contributed by atoms with Crippen molar-refractivity contribution >= 4 is 10.1 Å². The first kappa shape index (κ1) is 26.0. The van der Waals surface area contributed by atoms with Crippen LogP contribution in [0, 0.1) is 0 Å². The molecule has 0 aliphatic carbocycles. The predicted molar refractivity (Wildman–Crippen MR) is 109 cm³/mol. The molecule has 29 heavy (non-hydrogen) atoms. The van der Waals surface area contributed by atoms with Crippen LogP contribution < -0.4 is 39.4 Å². The number of benzene rings is 2. The molecule has 0 aliphatic rings. The third-order valence-corrected chi connectivity index (χ3v) is 5.58. The Hall–Kier alpha value is -1.05. The van der Waals surface area contributed by atoms with Gasteiger partial charge in [-0.3, -0.25) is 4.55 Å². The number of ether oxygens (including phenoxy) is 1. The summed E-state index contributed by atoms with van der Waals surface area (Å²) in [6.07, 6.45) is 10.5. The van der Waals surface area contributed by atoms with E-state index >= 15 is 0 Å². The third kappa shape index (κ3) is 8.69. The van der Waals surface area contributed by atoms with Crippen LogP contribution in [0.4, 0.5) is 0 Å². The summed E-state index contributed by atoms with van der Waals surface area (Å²) in [6.45, 7) is 2.21. The predicted octanol–water partition coefficient (Wildman–Crippen LogP) is 2.49. The molecular formula is C22H29NaO5S. The first-order valence-corrected chi connectivity index (χ1v) is 11.4. The molecule has 0 atom stereocenters. The summed E-state index contributed by atoms with van der Waals surface area (Å²) in [5.41, 5.74) is 0.915. The molecule has 0 spiro atoms. The van der Waals surface area contributed by atoms with E-state index in [0.29, 0.717) is 5.75 Å². The van der Waals surface area contributed by atoms with E-state index in [1.54, 1.807) is 12.1 Å². The van der Waals surface area contributed by atoms with Crippen LogP contribution in [0.3, 0.4) is 0 Å². The molecule has 0 fully saturated rings. The number of rotatable bonds is 12. The van der Waals surface area contributed by atoms with Gasteiger partial charge in [0.05, 0.1) is 0 Å². The largest absolute Gasteiger partial charge is 1.00 e. The van der Waals surface area contributed by atoms with Crippen molar-refractivity contribution in [2.45, 2.75) is 69.6 Å². The van der Waals surface area contributed by atoms with Gasteiger partial charge in [0.2, 0.25) is 0 Å². The standard InChI is InChI=1S/C22H30O5S.Na/c1-2-3-4-5-6-7-8-9-13-18-14-10-11-16-20(18)27-22-19(23)15-12-17-21(22)28(24,25)26;/h10-12,14-17,23H,2-9,13H2,1H3,(H,24,25,26);/q;+1/p-1. The van der Waals surface area contributed by atoms with E-state index in [2.05, 4.69) is 6.92 Å². The Kier molecular flexibility index (Phi) is 11.9. The van der Waals surface area contributed by atoms with E-state index in [0.717, 1.165) is 30.9 Å². The van der Waals surface area contributed by atoms with Crippen LogP contribution in [0.25, 0.3) is 0 Å². The van der Waals surface area contributed by atoms with Gasteiger partial charge in [0.15, 0.2) is 0 Å². The van der Waals surface area contributed by atoms with Crippen molar-refractivity contribution in [1.82, 2.24) is 0 Å². The molecule has 2 aromatic carbocycles. The fraction of sp³-hybridized carbons (Fsp3) is 0.455. The molecule has 2 rings (SSSR count). The van der Waals surface area contributed by atoms with Gasteiger partial charge in [-0.25, -0.2) is 0 Å². The average molecular weight is 429 g/mol. The first-order valence-electron chi connectivity index (χ1n) is 9.96. The smallest absolute Gasteiger partial charge is 0.870 e. The van der Waals surface area contributed by atoms with Crippen molar-refractivity contribution in [2.75, 3.05) is 0 Å². The van der Waals surface area contributed by atoms with Gasteiger partial charge in [0.25, 0.3) is 10.1 Å². The summed E-state index contributed by atoms with van der Waals surface area (Å²) in [7, 11) is -4.55. The van der Waals surface area contributed by atoms with E-state index in [1.165, 1.54) is 50.7 Å². The minimum absolute atomic E-state index is 0. The van der Waals surface area contributed by atoms with Crippen LogP contribution in [-0.2, 0) is 16.5 Å². The van der Waals surface area contributed by atoms with Gasteiger partial charge in [-0.05, 0) is 30.5 Å². The number of hydrogen-bond donors (Lipinski definition) is 1. The fourth-order valence-electron chi connectivity index (χ4n) is 3.17. The van der Waals surface area contributed by atoms with Gasteiger partial charge < -0.3 is 9.84 Å². The Balaban J connectivity index is 0.00000420. The normalized spacial score (nSPS) is 11.1. The maximum atomic E-state index is 12.1. The summed E-state index contributed by atoms with van der Waals surface area (Å²) < 4.78 is 38.2. The van der Waals surface area contributed by atoms with E-state index in [4.69, 9.17) is 4.74 Å². The SMILES string of the molecule is CCCCCCCCCCc1ccccc1Oc1c([O-])cccc1S(=O)(=O)O.[Na+]. The van der Waals surface area contributed by atoms with Crippen molar-refractivity contribution in [2.24, 2.45) is 0 Å². The molecule has 154 valence electrons. The third-order valence-electron chi connectivity index (χ3n) is 4.70. The van der Waals surface area contributed by atoms with Gasteiger partial charge in [0, 0.05) is 0 Å². The van der Waals surface area contributed by atoms with Crippen LogP contribution >= 0.6 is 0 Å². The van der Waals surface area contributed by atoms with E-state index in [1.807, 2.05) is 12.1 Å². The number of para-hydroxylation sites is 2. The summed E-state index contributed by atoms with van der Waals surface area (Å²) in [4.78, 5) is -0.512. The molecule has 0 aliphatic heterocycles. The molecule has 0 bridgehead atoms. The molecule has 7 heteroatoms. The van der Waals surface area contributed by atoms with Crippen molar-refractivity contribution in [1.29, 1.82) is 0 Å². The molecule has 0 saturated carbocycles. The molecule has 1 N–H and O–H groups in total. The van der Waals surface area contributed by atoms with Gasteiger partial charge in [-0.2, -0.15) is 8.42 Å². The number of unbranched alkanes of at least 4 members (excludes halogenated alkanes) is 7. The second-order valence-electron chi connectivity index (χ2n) is 6.99. The Morgan fingerprint density at radius 2 is 1.52 bits per heavy atom. The molecule has 0 heterocycles. The van der Waals surface area contributed by atoms with Crippen molar-refractivity contribution in [3.63, 3.8) is 0 Å². The number of hydrogen-bond acceptors (Lipinski definition) is 4. The molecule has 5 nitrogen and oxygen atoms in total. The van der Waals surface area contributed by atoms with Gasteiger partial charge >= 0.3 is 29.6 Å². The van der Waals surface area contributed by atoms with Crippen LogP contribution in [0.1, 0.15) is 63.9 Å². The second kappa shape index (κ2) is 13.3. The van der Waals surface area contributed by atoms with E-state index < -0.39 is 20.8 Å². The van der Waals surface area contributed by atoms with Crippen LogP contribution in [0.15, 0.2) is 47.4 Å². The molecule has 0 amide bonds. The number of aryl methyl sites for hydroxylation is 1. The maximum absolute atomic E-state index is 12.1. The fourth-order valence-corrected chi connectivity index (χ4v) is 3.80. The zero-order valence-electron chi connectivity index (χ0n) is 17.4. The molecule has 0 unspecified atom stereocenters. The minimum Gasteiger partial charge on any atom is -0.870 e. The van der Waals surface area contributed by atoms with Gasteiger partial charge in [-0.15, -0.1) is 0 Å². The Bertz CT molecular complexity index is 852. The topological polar surface area (TPSA) is 86.7 Å². The van der Waals surface area contributed by atoms with E-state index in [-0.39, 0.29) is 35.3 Å². The zero-order chi connectivity index (χ0) is 20.4. The first-order chi connectivity index (χ1) is 13.4. The van der Waals surface area contributed by atoms with Crippen LogP contribution in [-0.4, -0.2) is 13.0 Å². The van der Waals surface area contributed by atoms with Crippen LogP contribution in [0.5, 0.6) is 17.2 Å².